The highest BCUT2D eigenvalue weighted by molar-refractivity contribution is 8.00. The first-order chi connectivity index (χ1) is 26.8. The summed E-state index contributed by atoms with van der Waals surface area (Å²) in [6, 6.07) is 15.4. The van der Waals surface area contributed by atoms with Crippen LogP contribution < -0.4 is 26.0 Å². The maximum atomic E-state index is 13.4. The molecular weight excluding hydrogens is 731 g/mol. The second-order valence-corrected chi connectivity index (χ2v) is 14.3. The molecule has 1 unspecified atom stereocenters. The van der Waals surface area contributed by atoms with E-state index in [2.05, 4.69) is 31.3 Å². The molecule has 2 saturated heterocycles. The molecule has 0 aromatic heterocycles. The van der Waals surface area contributed by atoms with Crippen molar-refractivity contribution >= 4 is 41.4 Å². The van der Waals surface area contributed by atoms with Gasteiger partial charge in [0.1, 0.15) is 5.75 Å². The fraction of sp³-hybridized carbons (Fsp3) is 0.553. The molecule has 4 rings (SSSR count). The number of urea groups is 1. The van der Waals surface area contributed by atoms with E-state index in [1.807, 2.05) is 11.8 Å². The normalized spacial score (nSPS) is 17.5. The fourth-order valence-corrected chi connectivity index (χ4v) is 7.61. The summed E-state index contributed by atoms with van der Waals surface area (Å²) < 4.78 is 22.4. The molecule has 16 nitrogen and oxygen atoms in total. The number of Topliss-reactive ketones (excluding diaryl/α,β-unsaturated/α-hetero) is 1. The third-order valence-corrected chi connectivity index (χ3v) is 10.4. The maximum absolute atomic E-state index is 13.4. The van der Waals surface area contributed by atoms with Gasteiger partial charge in [-0.2, -0.15) is 11.8 Å². The van der Waals surface area contributed by atoms with Crippen LogP contribution in [0.25, 0.3) is 10.4 Å². The summed E-state index contributed by atoms with van der Waals surface area (Å²) in [7, 11) is 0. The Kier molecular flexibility index (Phi) is 19.2. The smallest absolute Gasteiger partial charge is 0.315 e. The van der Waals surface area contributed by atoms with Crippen LogP contribution in [-0.4, -0.2) is 105 Å². The van der Waals surface area contributed by atoms with Gasteiger partial charge in [0.05, 0.1) is 38.5 Å². The first-order valence-corrected chi connectivity index (χ1v) is 19.8. The van der Waals surface area contributed by atoms with Gasteiger partial charge in [-0.1, -0.05) is 60.4 Å². The molecule has 4 atom stereocenters. The Morgan fingerprint density at radius 3 is 2.38 bits per heavy atom. The Morgan fingerprint density at radius 2 is 1.62 bits per heavy atom. The Balaban J connectivity index is 1.04. The molecule has 2 aliphatic rings. The van der Waals surface area contributed by atoms with Crippen molar-refractivity contribution in [2.24, 2.45) is 5.11 Å². The Hall–Kier alpha value is -4.83. The molecule has 55 heavy (non-hydrogen) atoms. The second kappa shape index (κ2) is 24.6. The van der Waals surface area contributed by atoms with Gasteiger partial charge < -0.3 is 40.2 Å². The number of nitrogens with one attached hydrogen (secondary N) is 4. The van der Waals surface area contributed by atoms with Gasteiger partial charge in [-0.05, 0) is 43.3 Å². The number of nitrogens with zero attached hydrogens (tertiary/aromatic N) is 3. The highest BCUT2D eigenvalue weighted by Crippen LogP contribution is 2.33. The van der Waals surface area contributed by atoms with Crippen LogP contribution in [0.2, 0.25) is 0 Å². The lowest BCUT2D eigenvalue weighted by molar-refractivity contribution is -0.147. The van der Waals surface area contributed by atoms with E-state index in [9.17, 15) is 24.0 Å². The molecule has 4 amide bonds. The molecule has 0 aliphatic carbocycles. The lowest BCUT2D eigenvalue weighted by Gasteiger charge is -2.18. The van der Waals surface area contributed by atoms with Crippen molar-refractivity contribution in [3.05, 3.63) is 76.2 Å². The van der Waals surface area contributed by atoms with Crippen molar-refractivity contribution in [3.63, 3.8) is 0 Å². The summed E-state index contributed by atoms with van der Waals surface area (Å²) in [6.07, 6.45) is 3.91. The van der Waals surface area contributed by atoms with E-state index in [0.717, 1.165) is 25.0 Å². The number of unbranched alkanes of at least 4 members (excludes halogenated alkanes) is 3. The molecule has 17 heteroatoms. The first kappa shape index (κ1) is 42.9. The number of ether oxygens (including phenoxy) is 4. The van der Waals surface area contributed by atoms with E-state index in [1.165, 1.54) is 0 Å². The number of benzene rings is 2. The van der Waals surface area contributed by atoms with Gasteiger partial charge in [-0.15, -0.1) is 0 Å². The van der Waals surface area contributed by atoms with E-state index in [1.54, 1.807) is 54.6 Å². The average Bonchev–Trinajstić information content (AvgIpc) is 3.75. The van der Waals surface area contributed by atoms with Gasteiger partial charge in [0.25, 0.3) is 5.91 Å². The highest BCUT2D eigenvalue weighted by Gasteiger charge is 2.42. The van der Waals surface area contributed by atoms with E-state index in [-0.39, 0.29) is 61.9 Å². The van der Waals surface area contributed by atoms with Crippen molar-refractivity contribution in [2.45, 2.75) is 74.8 Å². The number of fused-ring (bicyclic) bond motifs is 1. The SMILES string of the molecule is [N-]=[N+]=NCCCCCC(=O)OC(C(=O)c1ccccc1)c1cccc(OCC(=O)NCCOCCOCCNC(=O)CCCC[C@@H]2SC[C@@H]3NC(=O)N[C@@H]32)c1. The van der Waals surface area contributed by atoms with Crippen LogP contribution in [0.3, 0.4) is 0 Å². The zero-order valence-corrected chi connectivity index (χ0v) is 31.8. The number of carbonyl (C=O) groups excluding carboxylic acids is 5. The predicted octanol–water partition coefficient (Wildman–Crippen LogP) is 4.39. The van der Waals surface area contributed by atoms with E-state index in [4.69, 9.17) is 24.5 Å². The summed E-state index contributed by atoms with van der Waals surface area (Å²) in [4.78, 5) is 64.9. The number of rotatable bonds is 27. The second-order valence-electron chi connectivity index (χ2n) is 13.0. The van der Waals surface area contributed by atoms with Crippen LogP contribution >= 0.6 is 11.8 Å². The van der Waals surface area contributed by atoms with Crippen LogP contribution in [0.1, 0.15) is 73.4 Å². The minimum atomic E-state index is -1.21. The molecule has 0 radical (unpaired) electrons. The summed E-state index contributed by atoms with van der Waals surface area (Å²) >= 11 is 1.88. The molecule has 298 valence electrons. The summed E-state index contributed by atoms with van der Waals surface area (Å²) in [6.45, 7) is 2.06. The van der Waals surface area contributed by atoms with E-state index >= 15 is 0 Å². The van der Waals surface area contributed by atoms with E-state index < -0.39 is 12.1 Å². The number of hydrogen-bond donors (Lipinski definition) is 4. The molecule has 4 N–H and O–H groups in total. The molecular formula is C38H51N7O9S. The number of ketones is 1. The summed E-state index contributed by atoms with van der Waals surface area (Å²) in [5.41, 5.74) is 9.18. The van der Waals surface area contributed by atoms with Crippen molar-refractivity contribution < 1.29 is 42.9 Å². The standard InChI is InChI=1S/C38H51N7O9S/c39-45-42-17-8-2-5-16-34(48)54-37(36(49)27-10-3-1-4-11-27)28-12-9-13-29(24-28)53-25-33(47)41-19-21-52-23-22-51-20-18-40-32(46)15-7-6-14-31-35-30(26-55-31)43-38(50)44-35/h1,3-4,9-13,24,30-31,35,37H,2,5-8,14-23,25-26H2,(H,40,46)(H,41,47)(H2,43,44,50)/t30-,31-,35-,37?/m0/s1. The zero-order chi connectivity index (χ0) is 39.1. The van der Waals surface area contributed by atoms with Gasteiger partial charge >= 0.3 is 12.0 Å². The number of esters is 1. The van der Waals surface area contributed by atoms with Crippen LogP contribution in [0.4, 0.5) is 4.79 Å². The minimum absolute atomic E-state index is 0.00752. The maximum Gasteiger partial charge on any atom is 0.315 e. The largest absolute Gasteiger partial charge is 0.484 e. The van der Waals surface area contributed by atoms with Gasteiger partial charge in [0.15, 0.2) is 12.7 Å². The first-order valence-electron chi connectivity index (χ1n) is 18.7. The molecule has 2 aliphatic heterocycles. The molecule has 2 fully saturated rings. The topological polar surface area (TPSA) is 219 Å². The lowest BCUT2D eigenvalue weighted by atomic mass is 9.99. The number of carbonyl (C=O) groups is 5. The Morgan fingerprint density at radius 1 is 0.873 bits per heavy atom. The molecule has 0 bridgehead atoms. The van der Waals surface area contributed by atoms with Crippen LogP contribution in [0.15, 0.2) is 59.7 Å². The van der Waals surface area contributed by atoms with Crippen molar-refractivity contribution in [3.8, 4) is 5.75 Å². The lowest BCUT2D eigenvalue weighted by Crippen LogP contribution is -2.36. The van der Waals surface area contributed by atoms with Crippen molar-refractivity contribution in [1.29, 1.82) is 0 Å². The van der Waals surface area contributed by atoms with Gasteiger partial charge in [-0.25, -0.2) is 4.79 Å². The van der Waals surface area contributed by atoms with Gasteiger partial charge in [-0.3, -0.25) is 19.2 Å². The predicted molar refractivity (Wildman–Crippen MR) is 206 cm³/mol. The molecule has 0 saturated carbocycles. The van der Waals surface area contributed by atoms with Crippen LogP contribution in [0, 0.1) is 0 Å². The van der Waals surface area contributed by atoms with Crippen molar-refractivity contribution in [1.82, 2.24) is 21.3 Å². The number of hydrogen-bond acceptors (Lipinski definition) is 11. The minimum Gasteiger partial charge on any atom is -0.484 e. The molecule has 2 heterocycles. The Labute approximate surface area is 325 Å². The third-order valence-electron chi connectivity index (χ3n) is 8.87. The molecule has 2 aromatic rings. The highest BCUT2D eigenvalue weighted by atomic mass is 32.2. The quantitative estimate of drug-likeness (QED) is 0.0191. The summed E-state index contributed by atoms with van der Waals surface area (Å²) in [5.74, 6) is -0.0334. The number of azide groups is 1. The van der Waals surface area contributed by atoms with Crippen LogP contribution in [-0.2, 0) is 28.6 Å². The molecule has 2 aromatic carbocycles. The zero-order valence-electron chi connectivity index (χ0n) is 31.0. The van der Waals surface area contributed by atoms with Gasteiger partial charge in [0, 0.05) is 59.5 Å². The van der Waals surface area contributed by atoms with Gasteiger partial charge in [0.2, 0.25) is 11.7 Å². The third kappa shape index (κ3) is 15.8. The molecule has 0 spiro atoms. The van der Waals surface area contributed by atoms with Crippen molar-refractivity contribution in [2.75, 3.05) is 58.4 Å². The average molecular weight is 782 g/mol. The fourth-order valence-electron chi connectivity index (χ4n) is 6.07. The Bertz CT molecular complexity index is 1590. The number of thioether (sulfide) groups is 1. The monoisotopic (exact) mass is 781 g/mol. The van der Waals surface area contributed by atoms with E-state index in [0.29, 0.717) is 80.7 Å². The summed E-state index contributed by atoms with van der Waals surface area (Å²) in [5, 5.41) is 15.4. The van der Waals surface area contributed by atoms with Crippen LogP contribution in [0.5, 0.6) is 5.75 Å². The number of amides is 4.